The van der Waals surface area contributed by atoms with E-state index < -0.39 is 0 Å². The highest BCUT2D eigenvalue weighted by Gasteiger charge is 2.10. The molecule has 88 valence electrons. The SMILES string of the molecule is Nc1ncc(Cl)c(NCCN2CCCC2)n1. The molecule has 1 saturated heterocycles. The number of hydrogen-bond donors (Lipinski definition) is 2. The molecular weight excluding hydrogens is 226 g/mol. The van der Waals surface area contributed by atoms with E-state index in [0.717, 1.165) is 13.1 Å². The minimum atomic E-state index is 0.244. The van der Waals surface area contributed by atoms with Crippen LogP contribution in [0.4, 0.5) is 11.8 Å². The molecule has 1 aliphatic rings. The van der Waals surface area contributed by atoms with Crippen LogP contribution in [0.3, 0.4) is 0 Å². The summed E-state index contributed by atoms with van der Waals surface area (Å²) in [5.41, 5.74) is 5.49. The van der Waals surface area contributed by atoms with Crippen LogP contribution in [-0.2, 0) is 0 Å². The molecule has 3 N–H and O–H groups in total. The number of nitrogen functional groups attached to an aromatic ring is 1. The normalized spacial score (nSPS) is 16.6. The smallest absolute Gasteiger partial charge is 0.222 e. The first-order valence-corrected chi connectivity index (χ1v) is 5.88. The molecule has 0 spiro atoms. The molecule has 1 fully saturated rings. The number of anilines is 2. The molecule has 0 saturated carbocycles. The molecule has 16 heavy (non-hydrogen) atoms. The van der Waals surface area contributed by atoms with E-state index in [4.69, 9.17) is 17.3 Å². The van der Waals surface area contributed by atoms with Crippen molar-refractivity contribution in [1.82, 2.24) is 14.9 Å². The summed E-state index contributed by atoms with van der Waals surface area (Å²) in [5, 5.41) is 3.69. The van der Waals surface area contributed by atoms with Crippen molar-refractivity contribution >= 4 is 23.4 Å². The van der Waals surface area contributed by atoms with Gasteiger partial charge in [-0.05, 0) is 25.9 Å². The van der Waals surface area contributed by atoms with Crippen LogP contribution in [0.15, 0.2) is 6.20 Å². The Kier molecular flexibility index (Phi) is 3.79. The number of hydrogen-bond acceptors (Lipinski definition) is 5. The number of rotatable bonds is 4. The maximum atomic E-state index is 5.93. The van der Waals surface area contributed by atoms with E-state index in [-0.39, 0.29) is 5.95 Å². The summed E-state index contributed by atoms with van der Waals surface area (Å²) in [6.45, 7) is 4.24. The number of aromatic nitrogens is 2. The van der Waals surface area contributed by atoms with Crippen molar-refractivity contribution in [1.29, 1.82) is 0 Å². The van der Waals surface area contributed by atoms with Crippen LogP contribution >= 0.6 is 11.6 Å². The highest BCUT2D eigenvalue weighted by atomic mass is 35.5. The molecule has 5 nitrogen and oxygen atoms in total. The van der Waals surface area contributed by atoms with Crippen molar-refractivity contribution in [2.45, 2.75) is 12.8 Å². The minimum absolute atomic E-state index is 0.244. The summed E-state index contributed by atoms with van der Waals surface area (Å²) < 4.78 is 0. The highest BCUT2D eigenvalue weighted by Crippen LogP contribution is 2.18. The van der Waals surface area contributed by atoms with Gasteiger partial charge in [-0.15, -0.1) is 0 Å². The van der Waals surface area contributed by atoms with Gasteiger partial charge in [0.15, 0.2) is 5.82 Å². The molecule has 0 bridgehead atoms. The third-order valence-electron chi connectivity index (χ3n) is 2.68. The molecule has 0 unspecified atom stereocenters. The van der Waals surface area contributed by atoms with Gasteiger partial charge in [0.1, 0.15) is 5.02 Å². The van der Waals surface area contributed by atoms with Crippen LogP contribution in [0.5, 0.6) is 0 Å². The van der Waals surface area contributed by atoms with E-state index in [0.29, 0.717) is 10.8 Å². The predicted octanol–water partition coefficient (Wildman–Crippen LogP) is 1.22. The fourth-order valence-corrected chi connectivity index (χ4v) is 2.00. The van der Waals surface area contributed by atoms with Crippen molar-refractivity contribution in [3.05, 3.63) is 11.2 Å². The average molecular weight is 242 g/mol. The second kappa shape index (κ2) is 5.32. The summed E-state index contributed by atoms with van der Waals surface area (Å²) in [4.78, 5) is 10.3. The molecule has 1 aliphatic heterocycles. The van der Waals surface area contributed by atoms with Crippen molar-refractivity contribution in [2.24, 2.45) is 0 Å². The Labute approximate surface area is 100 Å². The lowest BCUT2D eigenvalue weighted by Crippen LogP contribution is -2.26. The molecule has 6 heteroatoms. The van der Waals surface area contributed by atoms with Crippen LogP contribution in [0.1, 0.15) is 12.8 Å². The Morgan fingerprint density at radius 1 is 1.44 bits per heavy atom. The Morgan fingerprint density at radius 3 is 2.94 bits per heavy atom. The lowest BCUT2D eigenvalue weighted by Gasteiger charge is -2.15. The van der Waals surface area contributed by atoms with Crippen LogP contribution in [0.25, 0.3) is 0 Å². The number of likely N-dealkylation sites (tertiary alicyclic amines) is 1. The van der Waals surface area contributed by atoms with E-state index in [9.17, 15) is 0 Å². The largest absolute Gasteiger partial charge is 0.368 e. The zero-order chi connectivity index (χ0) is 11.4. The molecule has 0 amide bonds. The topological polar surface area (TPSA) is 67.1 Å². The lowest BCUT2D eigenvalue weighted by molar-refractivity contribution is 0.352. The van der Waals surface area contributed by atoms with Gasteiger partial charge in [-0.2, -0.15) is 4.98 Å². The first-order valence-electron chi connectivity index (χ1n) is 5.50. The van der Waals surface area contributed by atoms with Gasteiger partial charge in [0.2, 0.25) is 5.95 Å². The first kappa shape index (κ1) is 11.4. The van der Waals surface area contributed by atoms with Crippen LogP contribution in [0, 0.1) is 0 Å². The summed E-state index contributed by atoms with van der Waals surface area (Å²) in [7, 11) is 0. The third-order valence-corrected chi connectivity index (χ3v) is 2.96. The molecule has 1 aromatic rings. The van der Waals surface area contributed by atoms with Crippen LogP contribution in [-0.4, -0.2) is 41.0 Å². The van der Waals surface area contributed by atoms with Gasteiger partial charge in [0.25, 0.3) is 0 Å². The summed E-state index contributed by atoms with van der Waals surface area (Å²) in [5.74, 6) is 0.862. The van der Waals surface area contributed by atoms with Gasteiger partial charge in [-0.25, -0.2) is 4.98 Å². The van der Waals surface area contributed by atoms with Gasteiger partial charge < -0.3 is 16.0 Å². The number of nitrogens with one attached hydrogen (secondary N) is 1. The third kappa shape index (κ3) is 2.96. The summed E-state index contributed by atoms with van der Waals surface area (Å²) in [6, 6.07) is 0. The van der Waals surface area contributed by atoms with Gasteiger partial charge in [0.05, 0.1) is 6.20 Å². The Morgan fingerprint density at radius 2 is 2.19 bits per heavy atom. The predicted molar refractivity (Wildman–Crippen MR) is 65.6 cm³/mol. The number of nitrogens with two attached hydrogens (primary N) is 1. The Hall–Kier alpha value is -1.07. The molecule has 2 heterocycles. The summed E-state index contributed by atoms with van der Waals surface area (Å²) >= 11 is 5.93. The molecule has 0 atom stereocenters. The second-order valence-electron chi connectivity index (χ2n) is 3.90. The van der Waals surface area contributed by atoms with Gasteiger partial charge in [-0.3, -0.25) is 0 Å². The second-order valence-corrected chi connectivity index (χ2v) is 4.31. The maximum Gasteiger partial charge on any atom is 0.222 e. The maximum absolute atomic E-state index is 5.93. The van der Waals surface area contributed by atoms with E-state index in [1.807, 2.05) is 0 Å². The molecule has 0 aliphatic carbocycles. The average Bonchev–Trinajstić information content (AvgIpc) is 2.76. The van der Waals surface area contributed by atoms with E-state index in [2.05, 4.69) is 20.2 Å². The van der Waals surface area contributed by atoms with Gasteiger partial charge >= 0.3 is 0 Å². The lowest BCUT2D eigenvalue weighted by atomic mass is 10.4. The fourth-order valence-electron chi connectivity index (χ4n) is 1.84. The first-order chi connectivity index (χ1) is 7.75. The quantitative estimate of drug-likeness (QED) is 0.830. The van der Waals surface area contributed by atoms with E-state index >= 15 is 0 Å². The Bertz CT molecular complexity index is 351. The molecule has 1 aromatic heterocycles. The Balaban J connectivity index is 1.82. The molecular formula is C10H16ClN5. The molecule has 2 rings (SSSR count). The van der Waals surface area contributed by atoms with Crippen molar-refractivity contribution in [3.63, 3.8) is 0 Å². The van der Waals surface area contributed by atoms with Gasteiger partial charge in [0, 0.05) is 13.1 Å². The minimum Gasteiger partial charge on any atom is -0.368 e. The monoisotopic (exact) mass is 241 g/mol. The van der Waals surface area contributed by atoms with Crippen molar-refractivity contribution in [2.75, 3.05) is 37.2 Å². The highest BCUT2D eigenvalue weighted by molar-refractivity contribution is 6.32. The zero-order valence-electron chi connectivity index (χ0n) is 9.12. The molecule has 0 radical (unpaired) electrons. The van der Waals surface area contributed by atoms with Crippen molar-refractivity contribution in [3.8, 4) is 0 Å². The fraction of sp³-hybridized carbons (Fsp3) is 0.600. The zero-order valence-corrected chi connectivity index (χ0v) is 9.87. The standard InChI is InChI=1S/C10H16ClN5/c11-8-7-14-10(12)15-9(8)13-3-6-16-4-1-2-5-16/h7H,1-6H2,(H3,12,13,14,15). The number of nitrogens with zero attached hydrogens (tertiary/aromatic N) is 3. The van der Waals surface area contributed by atoms with E-state index in [1.54, 1.807) is 0 Å². The van der Waals surface area contributed by atoms with Crippen molar-refractivity contribution < 1.29 is 0 Å². The van der Waals surface area contributed by atoms with E-state index in [1.165, 1.54) is 32.1 Å². The summed E-state index contributed by atoms with van der Waals surface area (Å²) in [6.07, 6.45) is 4.13. The van der Waals surface area contributed by atoms with Crippen LogP contribution < -0.4 is 11.1 Å². The molecule has 0 aromatic carbocycles. The number of halogens is 1. The van der Waals surface area contributed by atoms with Gasteiger partial charge in [-0.1, -0.05) is 11.6 Å². The van der Waals surface area contributed by atoms with Crippen LogP contribution in [0.2, 0.25) is 5.02 Å².